The molecule has 0 bridgehead atoms. The van der Waals surface area contributed by atoms with E-state index in [1.165, 1.54) is 11.1 Å². The van der Waals surface area contributed by atoms with Crippen LogP contribution in [0.2, 0.25) is 0 Å². The Balaban J connectivity index is 3.06. The summed E-state index contributed by atoms with van der Waals surface area (Å²) in [6.07, 6.45) is 2.86. The lowest BCUT2D eigenvalue weighted by Gasteiger charge is -2.28. The van der Waals surface area contributed by atoms with Crippen LogP contribution in [0.15, 0.2) is 24.3 Å². The second-order valence-corrected chi connectivity index (χ2v) is 4.50. The van der Waals surface area contributed by atoms with Crippen LogP contribution >= 0.6 is 0 Å². The predicted molar refractivity (Wildman–Crippen MR) is 70.1 cm³/mol. The van der Waals surface area contributed by atoms with Crippen LogP contribution in [-0.4, -0.2) is 0 Å². The van der Waals surface area contributed by atoms with Crippen molar-refractivity contribution in [1.29, 1.82) is 0 Å². The molecule has 1 aromatic rings. The topological polar surface area (TPSA) is 52.0 Å². The van der Waals surface area contributed by atoms with Crippen LogP contribution in [0.5, 0.6) is 0 Å². The van der Waals surface area contributed by atoms with Crippen molar-refractivity contribution in [2.75, 3.05) is 0 Å². The van der Waals surface area contributed by atoms with Gasteiger partial charge < -0.3 is 11.5 Å². The number of hydrogen-bond donors (Lipinski definition) is 2. The van der Waals surface area contributed by atoms with Gasteiger partial charge in [0.25, 0.3) is 0 Å². The number of benzene rings is 1. The van der Waals surface area contributed by atoms with Gasteiger partial charge in [0.2, 0.25) is 0 Å². The smallest absolute Gasteiger partial charge is 0.0404 e. The maximum Gasteiger partial charge on any atom is 0.0404 e. The third-order valence-electron chi connectivity index (χ3n) is 3.59. The summed E-state index contributed by atoms with van der Waals surface area (Å²) in [5.41, 5.74) is 14.6. The standard InChI is InChI=1S/C14H24N2/c1-4-13(15)11-8-7-9-12(10-11)14(16,5-2)6-3/h7-10,13H,4-6,15-16H2,1-3H3. The fourth-order valence-corrected chi connectivity index (χ4v) is 1.97. The summed E-state index contributed by atoms with van der Waals surface area (Å²) in [5, 5.41) is 0. The molecule has 4 N–H and O–H groups in total. The lowest BCUT2D eigenvalue weighted by molar-refractivity contribution is 0.412. The maximum absolute atomic E-state index is 6.39. The molecule has 1 unspecified atom stereocenters. The van der Waals surface area contributed by atoms with Gasteiger partial charge in [0.1, 0.15) is 0 Å². The molecule has 0 aliphatic heterocycles. The first-order valence-electron chi connectivity index (χ1n) is 6.22. The summed E-state index contributed by atoms with van der Waals surface area (Å²) < 4.78 is 0. The minimum Gasteiger partial charge on any atom is -0.324 e. The highest BCUT2D eigenvalue weighted by molar-refractivity contribution is 5.31. The van der Waals surface area contributed by atoms with Crippen molar-refractivity contribution in [1.82, 2.24) is 0 Å². The van der Waals surface area contributed by atoms with Crippen molar-refractivity contribution in [3.63, 3.8) is 0 Å². The van der Waals surface area contributed by atoms with Crippen molar-refractivity contribution in [2.24, 2.45) is 11.5 Å². The van der Waals surface area contributed by atoms with Gasteiger partial charge in [-0.05, 0) is 30.4 Å². The van der Waals surface area contributed by atoms with Gasteiger partial charge in [-0.15, -0.1) is 0 Å². The summed E-state index contributed by atoms with van der Waals surface area (Å²) in [5.74, 6) is 0. The molecule has 1 atom stereocenters. The zero-order valence-corrected chi connectivity index (χ0v) is 10.7. The molecule has 0 fully saturated rings. The molecule has 0 spiro atoms. The van der Waals surface area contributed by atoms with E-state index in [2.05, 4.69) is 45.0 Å². The van der Waals surface area contributed by atoms with Gasteiger partial charge in [-0.25, -0.2) is 0 Å². The molecule has 16 heavy (non-hydrogen) atoms. The lowest BCUT2D eigenvalue weighted by atomic mass is 9.84. The molecule has 0 aliphatic rings. The SMILES string of the molecule is CCC(N)c1cccc(C(N)(CC)CC)c1. The van der Waals surface area contributed by atoms with Gasteiger partial charge >= 0.3 is 0 Å². The zero-order chi connectivity index (χ0) is 12.2. The summed E-state index contributed by atoms with van der Waals surface area (Å²) in [6, 6.07) is 8.55. The summed E-state index contributed by atoms with van der Waals surface area (Å²) in [6.45, 7) is 6.37. The molecular formula is C14H24N2. The first-order chi connectivity index (χ1) is 7.57. The minimum atomic E-state index is -0.205. The van der Waals surface area contributed by atoms with Crippen LogP contribution in [0.4, 0.5) is 0 Å². The highest BCUT2D eigenvalue weighted by Gasteiger charge is 2.23. The van der Waals surface area contributed by atoms with Crippen LogP contribution in [0, 0.1) is 0 Å². The fraction of sp³-hybridized carbons (Fsp3) is 0.571. The molecular weight excluding hydrogens is 196 g/mol. The van der Waals surface area contributed by atoms with E-state index < -0.39 is 0 Å². The third kappa shape index (κ3) is 2.63. The van der Waals surface area contributed by atoms with Crippen LogP contribution in [0.3, 0.4) is 0 Å². The van der Waals surface area contributed by atoms with Crippen molar-refractivity contribution >= 4 is 0 Å². The van der Waals surface area contributed by atoms with Gasteiger partial charge in [0, 0.05) is 11.6 Å². The number of rotatable bonds is 5. The highest BCUT2D eigenvalue weighted by Crippen LogP contribution is 2.27. The van der Waals surface area contributed by atoms with Crippen LogP contribution in [0.1, 0.15) is 57.2 Å². The van der Waals surface area contributed by atoms with Crippen LogP contribution < -0.4 is 11.5 Å². The normalized spacial score (nSPS) is 13.8. The Hall–Kier alpha value is -0.860. The zero-order valence-electron chi connectivity index (χ0n) is 10.7. The molecule has 0 aromatic heterocycles. The van der Waals surface area contributed by atoms with Crippen LogP contribution in [0.25, 0.3) is 0 Å². The van der Waals surface area contributed by atoms with E-state index in [-0.39, 0.29) is 11.6 Å². The monoisotopic (exact) mass is 220 g/mol. The van der Waals surface area contributed by atoms with E-state index in [0.29, 0.717) is 0 Å². The molecule has 0 saturated heterocycles. The van der Waals surface area contributed by atoms with E-state index in [0.717, 1.165) is 19.3 Å². The van der Waals surface area contributed by atoms with Crippen molar-refractivity contribution < 1.29 is 0 Å². The molecule has 0 aliphatic carbocycles. The van der Waals surface area contributed by atoms with Crippen molar-refractivity contribution in [3.05, 3.63) is 35.4 Å². The molecule has 1 aromatic carbocycles. The summed E-state index contributed by atoms with van der Waals surface area (Å²) in [7, 11) is 0. The van der Waals surface area contributed by atoms with E-state index in [4.69, 9.17) is 11.5 Å². The molecule has 0 amide bonds. The second-order valence-electron chi connectivity index (χ2n) is 4.50. The maximum atomic E-state index is 6.39. The Labute approximate surface area is 99.0 Å². The van der Waals surface area contributed by atoms with E-state index in [9.17, 15) is 0 Å². The Morgan fingerprint density at radius 3 is 2.31 bits per heavy atom. The van der Waals surface area contributed by atoms with Crippen molar-refractivity contribution in [3.8, 4) is 0 Å². The number of hydrogen-bond acceptors (Lipinski definition) is 2. The fourth-order valence-electron chi connectivity index (χ4n) is 1.97. The number of nitrogens with two attached hydrogens (primary N) is 2. The Kier molecular flexibility index (Phi) is 4.51. The van der Waals surface area contributed by atoms with Gasteiger partial charge in [0.05, 0.1) is 0 Å². The molecule has 1 rings (SSSR count). The van der Waals surface area contributed by atoms with Gasteiger partial charge in [-0.3, -0.25) is 0 Å². The lowest BCUT2D eigenvalue weighted by Crippen LogP contribution is -2.35. The third-order valence-corrected chi connectivity index (χ3v) is 3.59. The van der Waals surface area contributed by atoms with E-state index in [1.807, 2.05) is 0 Å². The molecule has 90 valence electrons. The van der Waals surface area contributed by atoms with Crippen molar-refractivity contribution in [2.45, 2.75) is 51.6 Å². The van der Waals surface area contributed by atoms with Gasteiger partial charge in [-0.1, -0.05) is 45.0 Å². The first-order valence-corrected chi connectivity index (χ1v) is 6.22. The second kappa shape index (κ2) is 5.46. The van der Waals surface area contributed by atoms with Gasteiger partial charge in [0.15, 0.2) is 0 Å². The Morgan fingerprint density at radius 2 is 1.81 bits per heavy atom. The first kappa shape index (κ1) is 13.2. The van der Waals surface area contributed by atoms with E-state index >= 15 is 0 Å². The average Bonchev–Trinajstić information content (AvgIpc) is 2.37. The minimum absolute atomic E-state index is 0.123. The molecule has 0 saturated carbocycles. The van der Waals surface area contributed by atoms with Crippen LogP contribution in [-0.2, 0) is 5.54 Å². The predicted octanol–water partition coefficient (Wildman–Crippen LogP) is 3.07. The van der Waals surface area contributed by atoms with Gasteiger partial charge in [-0.2, -0.15) is 0 Å². The quantitative estimate of drug-likeness (QED) is 0.801. The molecule has 0 radical (unpaired) electrons. The average molecular weight is 220 g/mol. The Morgan fingerprint density at radius 1 is 1.19 bits per heavy atom. The molecule has 2 heteroatoms. The Bertz CT molecular complexity index is 329. The summed E-state index contributed by atoms with van der Waals surface area (Å²) in [4.78, 5) is 0. The highest BCUT2D eigenvalue weighted by atomic mass is 14.7. The summed E-state index contributed by atoms with van der Waals surface area (Å²) >= 11 is 0. The molecule has 2 nitrogen and oxygen atoms in total. The molecule has 0 heterocycles. The van der Waals surface area contributed by atoms with E-state index in [1.54, 1.807) is 0 Å². The largest absolute Gasteiger partial charge is 0.324 e.